The first-order valence-electron chi connectivity index (χ1n) is 7.85. The number of hydrogen-bond donors (Lipinski definition) is 1. The van der Waals surface area contributed by atoms with E-state index in [1.54, 1.807) is 13.0 Å². The van der Waals surface area contributed by atoms with Gasteiger partial charge in [0.1, 0.15) is 22.5 Å². The van der Waals surface area contributed by atoms with Crippen molar-refractivity contribution in [1.82, 2.24) is 0 Å². The highest BCUT2D eigenvalue weighted by molar-refractivity contribution is 7.92. The molecular weight excluding hydrogens is 371 g/mol. The van der Waals surface area contributed by atoms with Crippen molar-refractivity contribution in [1.29, 1.82) is 0 Å². The molecule has 0 fully saturated rings. The number of rotatable bonds is 5. The van der Waals surface area contributed by atoms with Crippen LogP contribution in [0.2, 0.25) is 0 Å². The minimum absolute atomic E-state index is 0.0174. The summed E-state index contributed by atoms with van der Waals surface area (Å²) < 4.78 is 78.5. The average molecular weight is 387 g/mol. The predicted octanol–water partition coefficient (Wildman–Crippen LogP) is 3.63. The molecule has 9 heteroatoms. The van der Waals surface area contributed by atoms with Gasteiger partial charge < -0.3 is 9.47 Å². The van der Waals surface area contributed by atoms with Crippen molar-refractivity contribution >= 4 is 15.7 Å². The monoisotopic (exact) mass is 387 g/mol. The number of ether oxygens (including phenoxy) is 2. The Morgan fingerprint density at radius 2 is 1.96 bits per heavy atom. The number of hydrogen-bond acceptors (Lipinski definition) is 4. The van der Waals surface area contributed by atoms with Gasteiger partial charge in [-0.1, -0.05) is 0 Å². The minimum Gasteiger partial charge on any atom is -0.492 e. The predicted molar refractivity (Wildman–Crippen MR) is 88.5 cm³/mol. The Hall–Kier alpha value is -2.42. The first-order valence-corrected chi connectivity index (χ1v) is 9.34. The summed E-state index contributed by atoms with van der Waals surface area (Å²) in [5.41, 5.74) is 0.867. The van der Waals surface area contributed by atoms with Crippen molar-refractivity contribution in [3.8, 4) is 11.5 Å². The van der Waals surface area contributed by atoms with Crippen molar-refractivity contribution in [2.45, 2.75) is 31.3 Å². The fraction of sp³-hybridized carbons (Fsp3) is 0.294. The topological polar surface area (TPSA) is 64.6 Å². The van der Waals surface area contributed by atoms with Crippen molar-refractivity contribution in [3.05, 3.63) is 47.3 Å². The molecule has 1 aliphatic heterocycles. The standard InChI is InChI=1S/C17H16F3NO4S/c1-3-24-14-7-10-6-9(2)25-13(10)8-12(14)21-26(22,23)15-5-4-11(18)16(19)17(15)20/h4-5,7-9,21H,3,6H2,1-2H3. The summed E-state index contributed by atoms with van der Waals surface area (Å²) in [7, 11) is -4.52. The largest absolute Gasteiger partial charge is 0.492 e. The molecule has 1 N–H and O–H groups in total. The average Bonchev–Trinajstić information content (AvgIpc) is 2.91. The number of nitrogens with one attached hydrogen (secondary N) is 1. The molecule has 0 aromatic heterocycles. The highest BCUT2D eigenvalue weighted by Gasteiger charge is 2.27. The number of benzene rings is 2. The van der Waals surface area contributed by atoms with Gasteiger partial charge in [-0.2, -0.15) is 0 Å². The van der Waals surface area contributed by atoms with Crippen LogP contribution in [0.25, 0.3) is 0 Å². The van der Waals surface area contributed by atoms with Crippen molar-refractivity contribution < 1.29 is 31.1 Å². The Balaban J connectivity index is 2.03. The SMILES string of the molecule is CCOc1cc2c(cc1NS(=O)(=O)c1ccc(F)c(F)c1F)OC(C)C2. The molecule has 140 valence electrons. The molecule has 1 heterocycles. The van der Waals surface area contributed by atoms with Crippen LogP contribution >= 0.6 is 0 Å². The van der Waals surface area contributed by atoms with E-state index in [0.717, 1.165) is 5.56 Å². The van der Waals surface area contributed by atoms with Crippen LogP contribution in [0, 0.1) is 17.5 Å². The van der Waals surface area contributed by atoms with Gasteiger partial charge in [0, 0.05) is 18.1 Å². The second-order valence-corrected chi connectivity index (χ2v) is 7.45. The van der Waals surface area contributed by atoms with Crippen LogP contribution < -0.4 is 14.2 Å². The van der Waals surface area contributed by atoms with Gasteiger partial charge >= 0.3 is 0 Å². The van der Waals surface area contributed by atoms with Gasteiger partial charge in [-0.15, -0.1) is 0 Å². The second kappa shape index (κ2) is 6.71. The van der Waals surface area contributed by atoms with E-state index in [4.69, 9.17) is 9.47 Å². The van der Waals surface area contributed by atoms with E-state index < -0.39 is 32.4 Å². The van der Waals surface area contributed by atoms with Gasteiger partial charge in [-0.05, 0) is 32.0 Å². The van der Waals surface area contributed by atoms with Crippen LogP contribution in [0.3, 0.4) is 0 Å². The zero-order valence-electron chi connectivity index (χ0n) is 14.0. The molecule has 0 saturated heterocycles. The van der Waals surface area contributed by atoms with E-state index in [-0.39, 0.29) is 24.1 Å². The lowest BCUT2D eigenvalue weighted by atomic mass is 10.1. The normalized spacial score (nSPS) is 16.1. The maximum atomic E-state index is 13.9. The van der Waals surface area contributed by atoms with Crippen molar-refractivity contribution in [2.24, 2.45) is 0 Å². The molecule has 1 atom stereocenters. The van der Waals surface area contributed by atoms with E-state index in [1.165, 1.54) is 6.07 Å². The minimum atomic E-state index is -4.52. The van der Waals surface area contributed by atoms with Crippen molar-refractivity contribution in [2.75, 3.05) is 11.3 Å². The number of anilines is 1. The van der Waals surface area contributed by atoms with E-state index >= 15 is 0 Å². The molecule has 1 aliphatic rings. The molecule has 26 heavy (non-hydrogen) atoms. The number of sulfonamides is 1. The molecule has 2 aromatic carbocycles. The highest BCUT2D eigenvalue weighted by atomic mass is 32.2. The van der Waals surface area contributed by atoms with Gasteiger partial charge in [0.05, 0.1) is 12.3 Å². The molecule has 0 bridgehead atoms. The summed E-state index contributed by atoms with van der Waals surface area (Å²) in [6.07, 6.45) is 0.565. The van der Waals surface area contributed by atoms with Gasteiger partial charge in [0.25, 0.3) is 10.0 Å². The Morgan fingerprint density at radius 3 is 2.65 bits per heavy atom. The number of halogens is 3. The maximum Gasteiger partial charge on any atom is 0.265 e. The van der Waals surface area contributed by atoms with Gasteiger partial charge in [-0.3, -0.25) is 4.72 Å². The Labute approximate surface area is 148 Å². The van der Waals surface area contributed by atoms with Gasteiger partial charge in [-0.25, -0.2) is 21.6 Å². The smallest absolute Gasteiger partial charge is 0.265 e. The zero-order valence-corrected chi connectivity index (χ0v) is 14.8. The van der Waals surface area contributed by atoms with Crippen LogP contribution in [0.5, 0.6) is 11.5 Å². The molecule has 0 aliphatic carbocycles. The molecule has 0 amide bonds. The fourth-order valence-electron chi connectivity index (χ4n) is 2.71. The Bertz CT molecular complexity index is 963. The second-order valence-electron chi connectivity index (χ2n) is 5.80. The van der Waals surface area contributed by atoms with Crippen molar-refractivity contribution in [3.63, 3.8) is 0 Å². The lowest BCUT2D eigenvalue weighted by Crippen LogP contribution is -2.16. The summed E-state index contributed by atoms with van der Waals surface area (Å²) >= 11 is 0. The van der Waals surface area contributed by atoms with E-state index in [2.05, 4.69) is 4.72 Å². The molecule has 2 aromatic rings. The van der Waals surface area contributed by atoms with E-state index in [9.17, 15) is 21.6 Å². The summed E-state index contributed by atoms with van der Waals surface area (Å²) in [5.74, 6) is -4.41. The number of fused-ring (bicyclic) bond motifs is 1. The van der Waals surface area contributed by atoms with E-state index in [1.807, 2.05) is 6.92 Å². The van der Waals surface area contributed by atoms with Crippen LogP contribution in [-0.2, 0) is 16.4 Å². The van der Waals surface area contributed by atoms with Crippen LogP contribution in [0.4, 0.5) is 18.9 Å². The molecule has 0 saturated carbocycles. The summed E-state index contributed by atoms with van der Waals surface area (Å²) in [5, 5.41) is 0. The summed E-state index contributed by atoms with van der Waals surface area (Å²) in [6.45, 7) is 3.85. The molecule has 3 rings (SSSR count). The first kappa shape index (κ1) is 18.4. The third-order valence-corrected chi connectivity index (χ3v) is 5.21. The molecular formula is C17H16F3NO4S. The van der Waals surface area contributed by atoms with Crippen LogP contribution in [0.15, 0.2) is 29.2 Å². The summed E-state index contributed by atoms with van der Waals surface area (Å²) in [4.78, 5) is -1.01. The fourth-order valence-corrected chi connectivity index (χ4v) is 3.84. The maximum absolute atomic E-state index is 13.9. The summed E-state index contributed by atoms with van der Waals surface area (Å²) in [6, 6.07) is 4.27. The molecule has 0 radical (unpaired) electrons. The molecule has 5 nitrogen and oxygen atoms in total. The van der Waals surface area contributed by atoms with Crippen LogP contribution in [0.1, 0.15) is 19.4 Å². The van der Waals surface area contributed by atoms with Gasteiger partial charge in [0.15, 0.2) is 17.5 Å². The lowest BCUT2D eigenvalue weighted by Gasteiger charge is -2.15. The molecule has 1 unspecified atom stereocenters. The Morgan fingerprint density at radius 1 is 1.23 bits per heavy atom. The molecule has 0 spiro atoms. The van der Waals surface area contributed by atoms with E-state index in [0.29, 0.717) is 24.3 Å². The third-order valence-electron chi connectivity index (χ3n) is 3.83. The zero-order chi connectivity index (χ0) is 19.1. The lowest BCUT2D eigenvalue weighted by molar-refractivity contribution is 0.254. The van der Waals surface area contributed by atoms with Gasteiger partial charge in [0.2, 0.25) is 0 Å². The van der Waals surface area contributed by atoms with Crippen LogP contribution in [-0.4, -0.2) is 21.1 Å². The Kier molecular flexibility index (Phi) is 4.74. The third kappa shape index (κ3) is 3.31. The highest BCUT2D eigenvalue weighted by Crippen LogP contribution is 2.39. The first-order chi connectivity index (χ1) is 12.2. The quantitative estimate of drug-likeness (QED) is 0.796.